The van der Waals surface area contributed by atoms with Crippen LogP contribution in [-0.4, -0.2) is 46.8 Å². The first-order valence-corrected chi connectivity index (χ1v) is 12.5. The summed E-state index contributed by atoms with van der Waals surface area (Å²) in [7, 11) is 0. The summed E-state index contributed by atoms with van der Waals surface area (Å²) >= 11 is 0. The summed E-state index contributed by atoms with van der Waals surface area (Å²) in [4.78, 5) is 4.49. The topological polar surface area (TPSA) is 83.6 Å². The fourth-order valence-corrected chi connectivity index (χ4v) is 4.40. The average molecular weight is 477 g/mol. The number of ether oxygens (including phenoxy) is 3. The summed E-state index contributed by atoms with van der Waals surface area (Å²) in [6, 6.07) is 9.74. The van der Waals surface area contributed by atoms with E-state index in [-0.39, 0.29) is 18.5 Å². The van der Waals surface area contributed by atoms with Crippen molar-refractivity contribution < 1.29 is 18.7 Å². The van der Waals surface area contributed by atoms with Crippen molar-refractivity contribution in [3.05, 3.63) is 65.6 Å². The van der Waals surface area contributed by atoms with Crippen LogP contribution in [0.4, 0.5) is 0 Å². The highest BCUT2D eigenvalue weighted by Gasteiger charge is 2.21. The Morgan fingerprint density at radius 2 is 2.00 bits per heavy atom. The van der Waals surface area contributed by atoms with Crippen molar-refractivity contribution >= 4 is 0 Å². The number of rotatable bonds is 7. The predicted molar refractivity (Wildman–Crippen MR) is 130 cm³/mol. The fraction of sp³-hybridized carbons (Fsp3) is 0.481. The molecule has 4 heterocycles. The third-order valence-corrected chi connectivity index (χ3v) is 6.27. The Balaban J connectivity index is 1.17. The summed E-state index contributed by atoms with van der Waals surface area (Å²) in [5.41, 5.74) is 1.67. The van der Waals surface area contributed by atoms with E-state index in [1.54, 1.807) is 6.20 Å². The summed E-state index contributed by atoms with van der Waals surface area (Å²) in [6.07, 6.45) is 8.86. The van der Waals surface area contributed by atoms with Gasteiger partial charge in [0.2, 0.25) is 5.76 Å². The van der Waals surface area contributed by atoms with E-state index in [1.165, 1.54) is 0 Å². The predicted octanol–water partition coefficient (Wildman–Crippen LogP) is 4.05. The van der Waals surface area contributed by atoms with Crippen LogP contribution in [0.25, 0.3) is 0 Å². The highest BCUT2D eigenvalue weighted by molar-refractivity contribution is 5.41. The van der Waals surface area contributed by atoms with E-state index < -0.39 is 0 Å². The average Bonchev–Trinajstić information content (AvgIpc) is 3.55. The molecule has 1 unspecified atom stereocenters. The van der Waals surface area contributed by atoms with Gasteiger partial charge in [0.05, 0.1) is 6.54 Å². The van der Waals surface area contributed by atoms with Crippen molar-refractivity contribution in [1.82, 2.24) is 20.0 Å². The Bertz CT molecular complexity index is 1130. The third-order valence-electron chi connectivity index (χ3n) is 6.27. The summed E-state index contributed by atoms with van der Waals surface area (Å²) < 4.78 is 25.3. The first kappa shape index (κ1) is 23.6. The molecular formula is C27H32N4O4. The molecule has 3 aromatic rings. The zero-order valence-corrected chi connectivity index (χ0v) is 20.1. The Morgan fingerprint density at radius 1 is 1.14 bits per heavy atom. The quantitative estimate of drug-likeness (QED) is 0.515. The van der Waals surface area contributed by atoms with Gasteiger partial charge in [-0.3, -0.25) is 0 Å². The lowest BCUT2D eigenvalue weighted by Gasteiger charge is -2.26. The van der Waals surface area contributed by atoms with Gasteiger partial charge < -0.3 is 28.6 Å². The number of nitrogens with zero attached hydrogens (tertiary/aromatic N) is 3. The van der Waals surface area contributed by atoms with E-state index in [9.17, 15) is 0 Å². The molecule has 8 heteroatoms. The highest BCUT2D eigenvalue weighted by atomic mass is 16.7. The van der Waals surface area contributed by atoms with Crippen molar-refractivity contribution in [1.29, 1.82) is 0 Å². The van der Waals surface area contributed by atoms with E-state index in [0.717, 1.165) is 74.6 Å². The first-order valence-electron chi connectivity index (χ1n) is 12.5. The summed E-state index contributed by atoms with van der Waals surface area (Å²) in [5.74, 6) is 8.44. The van der Waals surface area contributed by atoms with E-state index in [1.807, 2.05) is 48.0 Å². The molecule has 2 atom stereocenters. The van der Waals surface area contributed by atoms with Crippen LogP contribution in [0.1, 0.15) is 68.0 Å². The van der Waals surface area contributed by atoms with Gasteiger partial charge in [0.25, 0.3) is 0 Å². The van der Waals surface area contributed by atoms with Crippen molar-refractivity contribution in [2.24, 2.45) is 0 Å². The molecule has 0 radical (unpaired) electrons. The van der Waals surface area contributed by atoms with Crippen molar-refractivity contribution in [2.45, 2.75) is 64.1 Å². The fourth-order valence-electron chi connectivity index (χ4n) is 4.40. The van der Waals surface area contributed by atoms with Gasteiger partial charge in [0, 0.05) is 30.6 Å². The summed E-state index contributed by atoms with van der Waals surface area (Å²) in [6.45, 7) is 5.31. The molecule has 5 rings (SSSR count). The molecule has 35 heavy (non-hydrogen) atoms. The van der Waals surface area contributed by atoms with Crippen molar-refractivity contribution in [2.75, 3.05) is 19.7 Å². The maximum Gasteiger partial charge on any atom is 0.210 e. The van der Waals surface area contributed by atoms with E-state index in [0.29, 0.717) is 12.3 Å². The second-order valence-electron chi connectivity index (χ2n) is 9.01. The molecule has 0 aliphatic carbocycles. The van der Waals surface area contributed by atoms with E-state index >= 15 is 0 Å². The Kier molecular flexibility index (Phi) is 7.79. The second kappa shape index (κ2) is 11.5. The van der Waals surface area contributed by atoms with Gasteiger partial charge in [-0.2, -0.15) is 0 Å². The molecule has 1 aromatic carbocycles. The minimum absolute atomic E-state index is 0.164. The van der Waals surface area contributed by atoms with Crippen LogP contribution >= 0.6 is 0 Å². The largest absolute Gasteiger partial charge is 0.490 e. The van der Waals surface area contributed by atoms with Gasteiger partial charge in [-0.1, -0.05) is 11.1 Å². The molecule has 2 aromatic heterocycles. The number of benzene rings is 1. The van der Waals surface area contributed by atoms with Gasteiger partial charge in [-0.25, -0.2) is 4.98 Å². The molecule has 1 N–H and O–H groups in total. The van der Waals surface area contributed by atoms with E-state index in [4.69, 9.17) is 18.7 Å². The zero-order chi connectivity index (χ0) is 23.9. The molecular weight excluding hydrogens is 444 g/mol. The first-order chi connectivity index (χ1) is 17.2. The van der Waals surface area contributed by atoms with Crippen molar-refractivity contribution in [3.8, 4) is 17.6 Å². The molecule has 2 aliphatic rings. The molecule has 0 bridgehead atoms. The molecule has 2 fully saturated rings. The van der Waals surface area contributed by atoms with Gasteiger partial charge >= 0.3 is 0 Å². The normalized spacial score (nSPS) is 19.6. The smallest absolute Gasteiger partial charge is 0.210 e. The van der Waals surface area contributed by atoms with Crippen LogP contribution in [0.3, 0.4) is 0 Å². The van der Waals surface area contributed by atoms with Crippen LogP contribution in [0.15, 0.2) is 47.2 Å². The standard InChI is InChI=1S/C27H32N4O4/c1-20(33-26-4-2-3-17-32-26)27-29-15-16-31(27)19-22-18-25(35-30-22)10-7-21-5-8-23(9-6-21)34-24-11-13-28-14-12-24/h5-6,8-9,15-16,18,20,24,26,28H,2-4,11-14,17,19H2,1H3/t20-,26?/m0/s1. The van der Waals surface area contributed by atoms with Crippen LogP contribution < -0.4 is 10.1 Å². The second-order valence-corrected chi connectivity index (χ2v) is 9.01. The van der Waals surface area contributed by atoms with Gasteiger partial charge in [0.15, 0.2) is 6.29 Å². The van der Waals surface area contributed by atoms with Gasteiger partial charge in [-0.05, 0) is 82.3 Å². The number of piperidine rings is 1. The Morgan fingerprint density at radius 3 is 2.80 bits per heavy atom. The SMILES string of the molecule is C[C@H](OC1CCCCO1)c1nccn1Cc1cc(C#Cc2ccc(OC3CCNCC3)cc2)on1. The number of aromatic nitrogens is 3. The van der Waals surface area contributed by atoms with Crippen LogP contribution in [0.5, 0.6) is 5.75 Å². The molecule has 8 nitrogen and oxygen atoms in total. The maximum atomic E-state index is 6.07. The monoisotopic (exact) mass is 476 g/mol. The lowest BCUT2D eigenvalue weighted by atomic mass is 10.1. The zero-order valence-electron chi connectivity index (χ0n) is 20.1. The third kappa shape index (κ3) is 6.51. The van der Waals surface area contributed by atoms with Gasteiger partial charge in [0.1, 0.15) is 29.5 Å². The molecule has 2 aliphatic heterocycles. The minimum Gasteiger partial charge on any atom is -0.490 e. The molecule has 2 saturated heterocycles. The van der Waals surface area contributed by atoms with Crippen LogP contribution in [-0.2, 0) is 16.0 Å². The molecule has 0 amide bonds. The minimum atomic E-state index is -0.180. The highest BCUT2D eigenvalue weighted by Crippen LogP contribution is 2.23. The Hall–Kier alpha value is -3.12. The van der Waals surface area contributed by atoms with Crippen LogP contribution in [0.2, 0.25) is 0 Å². The van der Waals surface area contributed by atoms with Crippen molar-refractivity contribution in [3.63, 3.8) is 0 Å². The van der Waals surface area contributed by atoms with Crippen LogP contribution in [0, 0.1) is 11.8 Å². The number of hydrogen-bond donors (Lipinski definition) is 1. The molecule has 0 saturated carbocycles. The maximum absolute atomic E-state index is 6.07. The lowest BCUT2D eigenvalue weighted by molar-refractivity contribution is -0.188. The number of imidazole rings is 1. The Labute approximate surface area is 206 Å². The van der Waals surface area contributed by atoms with E-state index in [2.05, 4.69) is 27.3 Å². The number of nitrogens with one attached hydrogen (secondary N) is 1. The number of hydrogen-bond acceptors (Lipinski definition) is 7. The summed E-state index contributed by atoms with van der Waals surface area (Å²) in [5, 5.41) is 7.53. The lowest BCUT2D eigenvalue weighted by Crippen LogP contribution is -2.34. The molecule has 184 valence electrons. The molecule has 0 spiro atoms. The van der Waals surface area contributed by atoms with Gasteiger partial charge in [-0.15, -0.1) is 0 Å².